The molecule has 50 heavy (non-hydrogen) atoms. The van der Waals surface area contributed by atoms with Crippen LogP contribution >= 0.6 is 0 Å². The lowest BCUT2D eigenvalue weighted by atomic mass is 9.72. The molecule has 12 nitrogen and oxygen atoms in total. The third-order valence-electron chi connectivity index (χ3n) is 11.3. The van der Waals surface area contributed by atoms with Gasteiger partial charge in [-0.15, -0.1) is 0 Å². The number of carbonyl (C=O) groups is 2. The maximum absolute atomic E-state index is 14.6. The number of phenolic OH excluding ortho intramolecular Hbond substituents is 1. The zero-order chi connectivity index (χ0) is 34.9. The van der Waals surface area contributed by atoms with Crippen molar-refractivity contribution in [2.24, 2.45) is 5.92 Å². The van der Waals surface area contributed by atoms with E-state index in [4.69, 9.17) is 18.9 Å². The number of hydrogen-bond acceptors (Lipinski definition) is 11. The highest BCUT2D eigenvalue weighted by Crippen LogP contribution is 2.54. The van der Waals surface area contributed by atoms with Crippen LogP contribution in [0.15, 0.2) is 30.3 Å². The molecule has 1 saturated heterocycles. The van der Waals surface area contributed by atoms with E-state index < -0.39 is 49.2 Å². The van der Waals surface area contributed by atoms with Crippen molar-refractivity contribution < 1.29 is 54.1 Å². The standard InChI is InChI=1S/C38H39NO11/c1-47-21-13-25-23-11-10-20-6-2-8-22(20)30(23)32-27(42)16-39-15-26-19(5-3-9-24(26)36(39)45)7-4-12-48-35-33(43)29(17-40)50-37(38(35,46)18-41)49-28(14-21)31(25)34(32)44/h3,5,9,13-14,20,22,29,33,35,37,40-41,43-44,46H,2,6-8,10-11,15-18H2,1H3/t20-,22+,29-,33-,35+,37-,38-/m1/s1. The van der Waals surface area contributed by atoms with Gasteiger partial charge in [-0.3, -0.25) is 9.59 Å². The highest BCUT2D eigenvalue weighted by Gasteiger charge is 2.58. The minimum Gasteiger partial charge on any atom is -0.506 e. The molecule has 0 radical (unpaired) electrons. The second kappa shape index (κ2) is 12.4. The Labute approximate surface area is 288 Å². The number of hydrogen-bond donors (Lipinski definition) is 5. The Morgan fingerprint density at radius 2 is 1.94 bits per heavy atom. The molecule has 0 spiro atoms. The van der Waals surface area contributed by atoms with Gasteiger partial charge in [-0.05, 0) is 77.3 Å². The van der Waals surface area contributed by atoms with Crippen LogP contribution in [0.5, 0.6) is 17.2 Å². The molecule has 8 rings (SSSR count). The number of aromatic hydroxyl groups is 1. The number of amides is 1. The molecule has 6 bridgehead atoms. The molecular weight excluding hydrogens is 646 g/mol. The highest BCUT2D eigenvalue weighted by molar-refractivity contribution is 6.12. The fourth-order valence-electron chi connectivity index (χ4n) is 8.84. The van der Waals surface area contributed by atoms with Crippen molar-refractivity contribution in [3.8, 4) is 29.3 Å². The summed E-state index contributed by atoms with van der Waals surface area (Å²) in [7, 11) is 1.48. The van der Waals surface area contributed by atoms with Gasteiger partial charge < -0.3 is 49.4 Å². The molecule has 0 aromatic heterocycles. The van der Waals surface area contributed by atoms with Crippen LogP contribution in [0, 0.1) is 17.9 Å². The van der Waals surface area contributed by atoms with Crippen LogP contribution in [-0.4, -0.2) is 99.2 Å². The lowest BCUT2D eigenvalue weighted by Crippen LogP contribution is -2.70. The Balaban J connectivity index is 1.37. The number of methoxy groups -OCH3 is 1. The molecule has 3 heterocycles. The Morgan fingerprint density at radius 3 is 2.72 bits per heavy atom. The van der Waals surface area contributed by atoms with Crippen molar-refractivity contribution in [2.45, 2.75) is 81.2 Å². The van der Waals surface area contributed by atoms with Crippen molar-refractivity contribution in [1.82, 2.24) is 4.90 Å². The van der Waals surface area contributed by atoms with Gasteiger partial charge in [0.1, 0.15) is 35.6 Å². The van der Waals surface area contributed by atoms with Crippen LogP contribution in [0.25, 0.3) is 10.8 Å². The van der Waals surface area contributed by atoms with Crippen molar-refractivity contribution >= 4 is 22.5 Å². The zero-order valence-electron chi connectivity index (χ0n) is 27.6. The number of phenols is 1. The van der Waals surface area contributed by atoms with Gasteiger partial charge in [0, 0.05) is 24.6 Å². The molecule has 1 saturated carbocycles. The van der Waals surface area contributed by atoms with Gasteiger partial charge in [0.15, 0.2) is 17.5 Å². The fraction of sp³-hybridized carbons (Fsp3) is 0.474. The summed E-state index contributed by atoms with van der Waals surface area (Å²) in [6.45, 7) is -1.77. The first-order chi connectivity index (χ1) is 24.2. The van der Waals surface area contributed by atoms with Gasteiger partial charge in [-0.25, -0.2) is 0 Å². The number of aliphatic hydroxyl groups is 4. The van der Waals surface area contributed by atoms with E-state index >= 15 is 0 Å². The molecular formula is C38H39NO11. The number of nitrogens with zero attached hydrogens (tertiary/aromatic N) is 1. The summed E-state index contributed by atoms with van der Waals surface area (Å²) in [5, 5.41) is 56.8. The molecule has 3 aliphatic heterocycles. The number of fused-ring (bicyclic) bond motifs is 9. The van der Waals surface area contributed by atoms with Gasteiger partial charge in [0.2, 0.25) is 6.29 Å². The van der Waals surface area contributed by atoms with E-state index in [9.17, 15) is 35.1 Å². The lowest BCUT2D eigenvalue weighted by Gasteiger charge is -2.47. The number of aryl methyl sites for hydroxylation is 1. The van der Waals surface area contributed by atoms with Gasteiger partial charge in [0.05, 0.1) is 37.8 Å². The van der Waals surface area contributed by atoms with Gasteiger partial charge in [0.25, 0.3) is 5.91 Å². The Hall–Kier alpha value is -4.38. The molecule has 3 aromatic carbocycles. The van der Waals surface area contributed by atoms with Crippen LogP contribution in [0.1, 0.15) is 74.6 Å². The number of rotatable bonds is 3. The summed E-state index contributed by atoms with van der Waals surface area (Å²) >= 11 is 0. The van der Waals surface area contributed by atoms with E-state index in [0.29, 0.717) is 29.0 Å². The van der Waals surface area contributed by atoms with Gasteiger partial charge in [-0.2, -0.15) is 0 Å². The van der Waals surface area contributed by atoms with E-state index in [2.05, 4.69) is 12.0 Å². The van der Waals surface area contributed by atoms with Gasteiger partial charge >= 0.3 is 0 Å². The maximum atomic E-state index is 14.6. The Morgan fingerprint density at radius 1 is 1.10 bits per heavy atom. The number of ether oxygens (including phenoxy) is 4. The first-order valence-corrected chi connectivity index (χ1v) is 17.1. The van der Waals surface area contributed by atoms with Crippen molar-refractivity contribution in [2.75, 3.05) is 26.9 Å². The van der Waals surface area contributed by atoms with Crippen molar-refractivity contribution in [3.63, 3.8) is 0 Å². The predicted molar refractivity (Wildman–Crippen MR) is 177 cm³/mol. The van der Waals surface area contributed by atoms with Crippen LogP contribution in [0.2, 0.25) is 0 Å². The fourth-order valence-corrected chi connectivity index (χ4v) is 8.84. The van der Waals surface area contributed by atoms with E-state index in [-0.39, 0.29) is 53.8 Å². The summed E-state index contributed by atoms with van der Waals surface area (Å²) in [4.78, 5) is 29.7. The Bertz CT molecular complexity index is 1970. The van der Waals surface area contributed by atoms with E-state index in [0.717, 1.165) is 47.9 Å². The van der Waals surface area contributed by atoms with Crippen LogP contribution in [0.4, 0.5) is 0 Å². The third-order valence-corrected chi connectivity index (χ3v) is 11.3. The van der Waals surface area contributed by atoms with Crippen LogP contribution < -0.4 is 9.47 Å². The van der Waals surface area contributed by atoms with Gasteiger partial charge in [-0.1, -0.05) is 24.5 Å². The molecule has 12 heteroatoms. The summed E-state index contributed by atoms with van der Waals surface area (Å²) in [6, 6.07) is 8.53. The number of Topliss-reactive ketones (excluding diaryl/α,β-unsaturated/α-hetero) is 1. The highest BCUT2D eigenvalue weighted by atomic mass is 16.7. The second-order valence-electron chi connectivity index (χ2n) is 14.0. The third kappa shape index (κ3) is 4.94. The molecule has 7 atom stereocenters. The van der Waals surface area contributed by atoms with E-state index in [1.165, 1.54) is 18.1 Å². The summed E-state index contributed by atoms with van der Waals surface area (Å²) in [5.74, 6) is 2.56. The SMILES string of the molecule is COc1cc2c3c(O)c(c4c(c3c1)CC[C@H]1CCC[C@H]41)C(=O)CN1Cc3c(cccc3C1=O)CC#CO[C@H]1[C@H](O)[C@@H](CO)O[C@@H](O2)[C@@]1(O)CO. The first kappa shape index (κ1) is 32.8. The molecule has 262 valence electrons. The average molecular weight is 686 g/mol. The molecule has 2 fully saturated rings. The van der Waals surface area contributed by atoms with E-state index in [1.807, 2.05) is 6.07 Å². The number of benzene rings is 3. The molecule has 3 aromatic rings. The smallest absolute Gasteiger partial charge is 0.254 e. The summed E-state index contributed by atoms with van der Waals surface area (Å²) < 4.78 is 23.5. The van der Waals surface area contributed by atoms with Crippen LogP contribution in [-0.2, 0) is 28.9 Å². The quantitative estimate of drug-likeness (QED) is 0.256. The van der Waals surface area contributed by atoms with E-state index in [1.54, 1.807) is 18.2 Å². The normalized spacial score (nSPS) is 30.1. The molecule has 2 aliphatic carbocycles. The number of aliphatic hydroxyl groups excluding tert-OH is 3. The summed E-state index contributed by atoms with van der Waals surface area (Å²) in [6.07, 6.45) is 0.769. The van der Waals surface area contributed by atoms with Crippen LogP contribution in [0.3, 0.4) is 0 Å². The predicted octanol–water partition coefficient (Wildman–Crippen LogP) is 2.31. The minimum absolute atomic E-state index is 0.0348. The van der Waals surface area contributed by atoms with Crippen molar-refractivity contribution in [1.29, 1.82) is 0 Å². The second-order valence-corrected chi connectivity index (χ2v) is 14.0. The Kier molecular flexibility index (Phi) is 8.16. The average Bonchev–Trinajstić information content (AvgIpc) is 3.73. The van der Waals surface area contributed by atoms with Crippen molar-refractivity contribution in [3.05, 3.63) is 63.7 Å². The topological polar surface area (TPSA) is 175 Å². The minimum atomic E-state index is -2.42. The monoisotopic (exact) mass is 685 g/mol. The number of ketones is 1. The lowest BCUT2D eigenvalue weighted by molar-refractivity contribution is -0.326. The molecule has 5 aliphatic rings. The first-order valence-electron chi connectivity index (χ1n) is 17.1. The number of carbonyl (C=O) groups excluding carboxylic acids is 2. The maximum Gasteiger partial charge on any atom is 0.254 e. The largest absolute Gasteiger partial charge is 0.506 e. The molecule has 0 unspecified atom stereocenters. The summed E-state index contributed by atoms with van der Waals surface area (Å²) in [5.41, 5.74) is 1.32. The molecule has 1 amide bonds. The zero-order valence-corrected chi connectivity index (χ0v) is 27.6. The molecule has 5 N–H and O–H groups in total.